The molecule has 1 unspecified atom stereocenters. The lowest BCUT2D eigenvalue weighted by atomic mass is 10.1. The zero-order valence-corrected chi connectivity index (χ0v) is 16.1. The predicted molar refractivity (Wildman–Crippen MR) is 107 cm³/mol. The van der Waals surface area contributed by atoms with Crippen molar-refractivity contribution in [3.05, 3.63) is 75.7 Å². The monoisotopic (exact) mass is 377 g/mol. The largest absolute Gasteiger partial charge is 0.370 e. The molecule has 1 aromatic carbocycles. The minimum atomic E-state index is -0.264. The predicted octanol–water partition coefficient (Wildman–Crippen LogP) is 2.94. The van der Waals surface area contributed by atoms with Gasteiger partial charge in [-0.3, -0.25) is 9.59 Å². The van der Waals surface area contributed by atoms with Crippen molar-refractivity contribution < 1.29 is 9.53 Å². The standard InChI is InChI=1S/C22H23N3O3/c1-3-24-13-18(20(26)17-10-9-15(2)23-21(17)24)22(27)25-11-12-28-19(14-25)16-7-5-4-6-8-16/h4-10,13,19H,3,11-12,14H2,1-2H3. The first-order valence-electron chi connectivity index (χ1n) is 9.55. The maximum Gasteiger partial charge on any atom is 0.259 e. The summed E-state index contributed by atoms with van der Waals surface area (Å²) in [5.41, 5.74) is 2.41. The Labute approximate surface area is 163 Å². The van der Waals surface area contributed by atoms with Crippen LogP contribution in [0.3, 0.4) is 0 Å². The number of aryl methyl sites for hydroxylation is 2. The summed E-state index contributed by atoms with van der Waals surface area (Å²) in [7, 11) is 0. The van der Waals surface area contributed by atoms with Crippen LogP contribution < -0.4 is 5.43 Å². The van der Waals surface area contributed by atoms with Crippen molar-refractivity contribution in [3.8, 4) is 0 Å². The van der Waals surface area contributed by atoms with Gasteiger partial charge in [-0.1, -0.05) is 30.3 Å². The summed E-state index contributed by atoms with van der Waals surface area (Å²) in [4.78, 5) is 32.4. The van der Waals surface area contributed by atoms with Crippen molar-refractivity contribution in [3.63, 3.8) is 0 Å². The Morgan fingerprint density at radius 1 is 1.21 bits per heavy atom. The number of nitrogens with zero attached hydrogens (tertiary/aromatic N) is 3. The second kappa shape index (κ2) is 7.56. The van der Waals surface area contributed by atoms with Gasteiger partial charge in [-0.25, -0.2) is 4.98 Å². The molecule has 4 rings (SSSR count). The molecule has 144 valence electrons. The number of morpholine rings is 1. The fourth-order valence-corrected chi connectivity index (χ4v) is 3.63. The highest BCUT2D eigenvalue weighted by molar-refractivity contribution is 5.97. The van der Waals surface area contributed by atoms with Crippen LogP contribution in [0.2, 0.25) is 0 Å². The molecule has 2 aromatic heterocycles. The zero-order chi connectivity index (χ0) is 19.7. The molecule has 6 heteroatoms. The van der Waals surface area contributed by atoms with Crippen LogP contribution in [0.25, 0.3) is 11.0 Å². The van der Waals surface area contributed by atoms with Crippen molar-refractivity contribution in [1.29, 1.82) is 0 Å². The van der Waals surface area contributed by atoms with E-state index in [4.69, 9.17) is 4.74 Å². The van der Waals surface area contributed by atoms with Crippen molar-refractivity contribution >= 4 is 16.9 Å². The molecule has 3 aromatic rings. The van der Waals surface area contributed by atoms with Gasteiger partial charge in [-0.05, 0) is 31.5 Å². The molecule has 1 atom stereocenters. The molecule has 1 fully saturated rings. The summed E-state index contributed by atoms with van der Waals surface area (Å²) in [6.07, 6.45) is 1.46. The van der Waals surface area contributed by atoms with Crippen LogP contribution in [0.15, 0.2) is 53.5 Å². The van der Waals surface area contributed by atoms with Crippen LogP contribution in [0.1, 0.15) is 34.6 Å². The smallest absolute Gasteiger partial charge is 0.259 e. The highest BCUT2D eigenvalue weighted by Crippen LogP contribution is 2.23. The minimum Gasteiger partial charge on any atom is -0.370 e. The van der Waals surface area contributed by atoms with Crippen LogP contribution in [0.5, 0.6) is 0 Å². The molecule has 1 aliphatic rings. The Morgan fingerprint density at radius 3 is 2.75 bits per heavy atom. The molecule has 0 N–H and O–H groups in total. The molecule has 0 spiro atoms. The van der Waals surface area contributed by atoms with Gasteiger partial charge in [0.25, 0.3) is 5.91 Å². The molecule has 28 heavy (non-hydrogen) atoms. The zero-order valence-electron chi connectivity index (χ0n) is 16.1. The normalized spacial score (nSPS) is 17.1. The molecular formula is C22H23N3O3. The number of aromatic nitrogens is 2. The maximum absolute atomic E-state index is 13.2. The van der Waals surface area contributed by atoms with Gasteiger partial charge < -0.3 is 14.2 Å². The fraction of sp³-hybridized carbons (Fsp3) is 0.318. The molecule has 0 aliphatic carbocycles. The number of amides is 1. The second-order valence-corrected chi connectivity index (χ2v) is 7.00. The van der Waals surface area contributed by atoms with E-state index in [2.05, 4.69) is 4.98 Å². The van der Waals surface area contributed by atoms with Crippen LogP contribution >= 0.6 is 0 Å². The number of pyridine rings is 2. The molecule has 1 saturated heterocycles. The highest BCUT2D eigenvalue weighted by Gasteiger charge is 2.28. The first-order chi connectivity index (χ1) is 13.6. The summed E-state index contributed by atoms with van der Waals surface area (Å²) in [5.74, 6) is -0.251. The van der Waals surface area contributed by atoms with E-state index in [1.165, 1.54) is 0 Å². The van der Waals surface area contributed by atoms with E-state index in [-0.39, 0.29) is 23.0 Å². The van der Waals surface area contributed by atoms with E-state index in [0.29, 0.717) is 37.3 Å². The van der Waals surface area contributed by atoms with E-state index in [9.17, 15) is 9.59 Å². The first kappa shape index (κ1) is 18.4. The van der Waals surface area contributed by atoms with E-state index in [1.807, 2.05) is 48.7 Å². The fourth-order valence-electron chi connectivity index (χ4n) is 3.63. The van der Waals surface area contributed by atoms with E-state index < -0.39 is 0 Å². The lowest BCUT2D eigenvalue weighted by molar-refractivity contribution is -0.0228. The van der Waals surface area contributed by atoms with Gasteiger partial charge in [0.2, 0.25) is 5.43 Å². The Kier molecular flexibility index (Phi) is 4.96. The first-order valence-corrected chi connectivity index (χ1v) is 9.55. The number of carbonyl (C=O) groups is 1. The van der Waals surface area contributed by atoms with Crippen LogP contribution in [-0.4, -0.2) is 40.1 Å². The topological polar surface area (TPSA) is 64.4 Å². The third-order valence-corrected chi connectivity index (χ3v) is 5.16. The van der Waals surface area contributed by atoms with Gasteiger partial charge in [0, 0.05) is 25.0 Å². The number of fused-ring (bicyclic) bond motifs is 1. The average Bonchev–Trinajstić information content (AvgIpc) is 2.74. The summed E-state index contributed by atoms with van der Waals surface area (Å²) in [5, 5.41) is 0.478. The number of rotatable bonds is 3. The van der Waals surface area contributed by atoms with Crippen molar-refractivity contribution in [2.75, 3.05) is 19.7 Å². The Hall–Kier alpha value is -2.99. The molecule has 3 heterocycles. The second-order valence-electron chi connectivity index (χ2n) is 7.00. The Morgan fingerprint density at radius 2 is 2.00 bits per heavy atom. The van der Waals surface area contributed by atoms with Crippen LogP contribution in [0, 0.1) is 6.92 Å². The number of hydrogen-bond donors (Lipinski definition) is 0. The van der Waals surface area contributed by atoms with Crippen molar-refractivity contribution in [2.45, 2.75) is 26.5 Å². The summed E-state index contributed by atoms with van der Waals surface area (Å²) in [6.45, 7) is 5.84. The number of carbonyl (C=O) groups excluding carboxylic acids is 1. The Bertz CT molecular complexity index is 1080. The molecule has 6 nitrogen and oxygen atoms in total. The molecule has 0 saturated carbocycles. The van der Waals surface area contributed by atoms with Crippen molar-refractivity contribution in [1.82, 2.24) is 14.5 Å². The SMILES string of the molecule is CCn1cc(C(=O)N2CCOC(c3ccccc3)C2)c(=O)c2ccc(C)nc21. The average molecular weight is 377 g/mol. The van der Waals surface area contributed by atoms with Gasteiger partial charge in [-0.15, -0.1) is 0 Å². The quantitative estimate of drug-likeness (QED) is 0.704. The van der Waals surface area contributed by atoms with Crippen LogP contribution in [0.4, 0.5) is 0 Å². The Balaban J connectivity index is 1.70. The minimum absolute atomic E-state index is 0.183. The summed E-state index contributed by atoms with van der Waals surface area (Å²) < 4.78 is 7.72. The van der Waals surface area contributed by atoms with Crippen LogP contribution in [-0.2, 0) is 11.3 Å². The van der Waals surface area contributed by atoms with E-state index in [0.717, 1.165) is 11.3 Å². The molecule has 0 radical (unpaired) electrons. The van der Waals surface area contributed by atoms with Gasteiger partial charge >= 0.3 is 0 Å². The lowest BCUT2D eigenvalue weighted by Crippen LogP contribution is -2.43. The highest BCUT2D eigenvalue weighted by atomic mass is 16.5. The number of benzene rings is 1. The van der Waals surface area contributed by atoms with Gasteiger partial charge in [0.05, 0.1) is 18.5 Å². The summed E-state index contributed by atoms with van der Waals surface area (Å²) in [6, 6.07) is 13.4. The lowest BCUT2D eigenvalue weighted by Gasteiger charge is -2.33. The van der Waals surface area contributed by atoms with Gasteiger partial charge in [-0.2, -0.15) is 0 Å². The van der Waals surface area contributed by atoms with Crippen molar-refractivity contribution in [2.24, 2.45) is 0 Å². The maximum atomic E-state index is 13.2. The van der Waals surface area contributed by atoms with E-state index in [1.54, 1.807) is 23.2 Å². The third kappa shape index (κ3) is 3.31. The molecule has 0 bridgehead atoms. The molecular weight excluding hydrogens is 354 g/mol. The third-order valence-electron chi connectivity index (χ3n) is 5.16. The number of hydrogen-bond acceptors (Lipinski definition) is 4. The molecule has 1 amide bonds. The van der Waals surface area contributed by atoms with Gasteiger partial charge in [0.1, 0.15) is 17.3 Å². The van der Waals surface area contributed by atoms with E-state index >= 15 is 0 Å². The summed E-state index contributed by atoms with van der Waals surface area (Å²) >= 11 is 0. The number of ether oxygens (including phenoxy) is 1. The molecule has 1 aliphatic heterocycles. The van der Waals surface area contributed by atoms with Gasteiger partial charge in [0.15, 0.2) is 0 Å².